The topological polar surface area (TPSA) is 38.3 Å². The Bertz CT molecular complexity index is 418. The van der Waals surface area contributed by atoms with E-state index in [1.54, 1.807) is 19.1 Å². The second kappa shape index (κ2) is 6.79. The summed E-state index contributed by atoms with van der Waals surface area (Å²) in [4.78, 5) is 11.0. The Kier molecular flexibility index (Phi) is 5.65. The van der Waals surface area contributed by atoms with Crippen LogP contribution in [-0.4, -0.2) is 23.5 Å². The highest BCUT2D eigenvalue weighted by Gasteiger charge is 2.28. The highest BCUT2D eigenvalue weighted by atomic mass is 79.9. The summed E-state index contributed by atoms with van der Waals surface area (Å²) in [5.41, 5.74) is 0.779. The zero-order valence-electron chi connectivity index (χ0n) is 10.1. The number of carbonyl (C=O) groups excluding carboxylic acids is 1. The van der Waals surface area contributed by atoms with E-state index in [2.05, 4.69) is 26.0 Å². The van der Waals surface area contributed by atoms with Crippen LogP contribution >= 0.6 is 15.9 Å². The van der Waals surface area contributed by atoms with Gasteiger partial charge in [0.15, 0.2) is 6.61 Å². The highest BCUT2D eigenvalue weighted by Crippen LogP contribution is 2.18. The predicted octanol–water partition coefficient (Wildman–Crippen LogP) is 3.03. The predicted molar refractivity (Wildman–Crippen MR) is 68.2 cm³/mol. The molecule has 106 valence electrons. The Morgan fingerprint density at radius 2 is 1.95 bits per heavy atom. The van der Waals surface area contributed by atoms with Gasteiger partial charge in [-0.1, -0.05) is 28.1 Å². The molecule has 1 N–H and O–H groups in total. The van der Waals surface area contributed by atoms with Crippen molar-refractivity contribution in [3.8, 4) is 5.75 Å². The monoisotopic (exact) mass is 339 g/mol. The number of nitrogens with one attached hydrogen (secondary N) is 1. The van der Waals surface area contributed by atoms with Crippen molar-refractivity contribution in [2.24, 2.45) is 0 Å². The van der Waals surface area contributed by atoms with Crippen LogP contribution in [0.4, 0.5) is 13.2 Å². The second-order valence-electron chi connectivity index (χ2n) is 3.88. The fourth-order valence-corrected chi connectivity index (χ4v) is 1.36. The standard InChI is InChI=1S/C12H13BrF3NO2/c1-8(13)11(18)17-6-9-2-4-10(5-3-9)19-7-12(14,15)16/h2-5,8H,6-7H2,1H3,(H,17,18). The molecule has 0 aliphatic heterocycles. The molecule has 1 aromatic carbocycles. The lowest BCUT2D eigenvalue weighted by atomic mass is 10.2. The van der Waals surface area contributed by atoms with Gasteiger partial charge in [0.2, 0.25) is 5.91 Å². The Labute approximate surface area is 117 Å². The van der Waals surface area contributed by atoms with Gasteiger partial charge in [-0.15, -0.1) is 0 Å². The van der Waals surface area contributed by atoms with E-state index in [1.165, 1.54) is 12.1 Å². The van der Waals surface area contributed by atoms with Crippen molar-refractivity contribution >= 4 is 21.8 Å². The second-order valence-corrected chi connectivity index (χ2v) is 5.26. The number of hydrogen-bond donors (Lipinski definition) is 1. The van der Waals surface area contributed by atoms with Gasteiger partial charge in [-0.2, -0.15) is 13.2 Å². The van der Waals surface area contributed by atoms with Crippen LogP contribution in [0.3, 0.4) is 0 Å². The van der Waals surface area contributed by atoms with Crippen LogP contribution < -0.4 is 10.1 Å². The third kappa shape index (κ3) is 6.47. The van der Waals surface area contributed by atoms with Crippen molar-refractivity contribution in [2.45, 2.75) is 24.5 Å². The van der Waals surface area contributed by atoms with Gasteiger partial charge in [0.05, 0.1) is 4.83 Å². The van der Waals surface area contributed by atoms with Gasteiger partial charge in [-0.25, -0.2) is 0 Å². The number of halogens is 4. The molecule has 1 aromatic rings. The number of ether oxygens (including phenoxy) is 1. The first kappa shape index (κ1) is 15.8. The third-order valence-electron chi connectivity index (χ3n) is 2.15. The molecule has 0 aliphatic rings. The Morgan fingerprint density at radius 3 is 2.42 bits per heavy atom. The van der Waals surface area contributed by atoms with Crippen LogP contribution in [0.5, 0.6) is 5.75 Å². The average molecular weight is 340 g/mol. The van der Waals surface area contributed by atoms with E-state index in [0.717, 1.165) is 5.56 Å². The Balaban J connectivity index is 2.46. The summed E-state index contributed by atoms with van der Waals surface area (Å²) in [6, 6.07) is 6.07. The smallest absolute Gasteiger partial charge is 0.422 e. The maximum absolute atomic E-state index is 11.9. The lowest BCUT2D eigenvalue weighted by Gasteiger charge is -2.10. The van der Waals surface area contributed by atoms with Crippen LogP contribution in [0.2, 0.25) is 0 Å². The minimum Gasteiger partial charge on any atom is -0.484 e. The van der Waals surface area contributed by atoms with Crippen LogP contribution in [0.1, 0.15) is 12.5 Å². The minimum atomic E-state index is -4.35. The van der Waals surface area contributed by atoms with Crippen molar-refractivity contribution in [3.05, 3.63) is 29.8 Å². The van der Waals surface area contributed by atoms with Crippen LogP contribution in [-0.2, 0) is 11.3 Å². The van der Waals surface area contributed by atoms with E-state index in [0.29, 0.717) is 6.54 Å². The highest BCUT2D eigenvalue weighted by molar-refractivity contribution is 9.10. The summed E-state index contributed by atoms with van der Waals surface area (Å²) in [6.07, 6.45) is -4.35. The zero-order chi connectivity index (χ0) is 14.5. The van der Waals surface area contributed by atoms with E-state index in [9.17, 15) is 18.0 Å². The van der Waals surface area contributed by atoms with Gasteiger partial charge in [-0.05, 0) is 24.6 Å². The van der Waals surface area contributed by atoms with Gasteiger partial charge in [0.25, 0.3) is 0 Å². The van der Waals surface area contributed by atoms with Gasteiger partial charge < -0.3 is 10.1 Å². The molecular formula is C12H13BrF3NO2. The molecule has 1 unspecified atom stereocenters. The van der Waals surface area contributed by atoms with Crippen molar-refractivity contribution in [1.82, 2.24) is 5.32 Å². The summed E-state index contributed by atoms with van der Waals surface area (Å²) in [6.45, 7) is 0.696. The third-order valence-corrected chi connectivity index (χ3v) is 2.57. The van der Waals surface area contributed by atoms with E-state index in [-0.39, 0.29) is 16.5 Å². The molecule has 3 nitrogen and oxygen atoms in total. The fraction of sp³-hybridized carbons (Fsp3) is 0.417. The van der Waals surface area contributed by atoms with Gasteiger partial charge in [0.1, 0.15) is 5.75 Å². The molecular weight excluding hydrogens is 327 g/mol. The van der Waals surface area contributed by atoms with E-state index < -0.39 is 12.8 Å². The van der Waals surface area contributed by atoms with Crippen LogP contribution in [0.25, 0.3) is 0 Å². The van der Waals surface area contributed by atoms with Crippen LogP contribution in [0, 0.1) is 0 Å². The van der Waals surface area contributed by atoms with Gasteiger partial charge >= 0.3 is 6.18 Å². The number of alkyl halides is 4. The summed E-state index contributed by atoms with van der Waals surface area (Å²) >= 11 is 3.13. The van der Waals surface area contributed by atoms with Crippen molar-refractivity contribution < 1.29 is 22.7 Å². The Morgan fingerprint density at radius 1 is 1.37 bits per heavy atom. The maximum atomic E-state index is 11.9. The van der Waals surface area contributed by atoms with Gasteiger partial charge in [0, 0.05) is 6.54 Å². The molecule has 0 saturated heterocycles. The van der Waals surface area contributed by atoms with Crippen molar-refractivity contribution in [1.29, 1.82) is 0 Å². The molecule has 0 bridgehead atoms. The molecule has 1 rings (SSSR count). The van der Waals surface area contributed by atoms with Crippen molar-refractivity contribution in [2.75, 3.05) is 6.61 Å². The molecule has 7 heteroatoms. The molecule has 0 spiro atoms. The number of hydrogen-bond acceptors (Lipinski definition) is 2. The lowest BCUT2D eigenvalue weighted by molar-refractivity contribution is -0.153. The zero-order valence-corrected chi connectivity index (χ0v) is 11.7. The first-order valence-electron chi connectivity index (χ1n) is 5.48. The number of carbonyl (C=O) groups is 1. The summed E-state index contributed by atoms with van der Waals surface area (Å²) in [5.74, 6) is -0.0151. The number of benzene rings is 1. The molecule has 0 saturated carbocycles. The SMILES string of the molecule is CC(Br)C(=O)NCc1ccc(OCC(F)(F)F)cc1. The average Bonchev–Trinajstić information content (AvgIpc) is 2.33. The molecule has 0 aliphatic carbocycles. The number of rotatable bonds is 5. The van der Waals surface area contributed by atoms with E-state index in [4.69, 9.17) is 0 Å². The maximum Gasteiger partial charge on any atom is 0.422 e. The molecule has 0 aromatic heterocycles. The first-order chi connectivity index (χ1) is 8.78. The molecule has 0 fully saturated rings. The van der Waals surface area contributed by atoms with Crippen LogP contribution in [0.15, 0.2) is 24.3 Å². The molecule has 0 radical (unpaired) electrons. The lowest BCUT2D eigenvalue weighted by Crippen LogP contribution is -2.28. The Hall–Kier alpha value is -1.24. The first-order valence-corrected chi connectivity index (χ1v) is 6.40. The summed E-state index contributed by atoms with van der Waals surface area (Å²) in [7, 11) is 0. The number of amides is 1. The largest absolute Gasteiger partial charge is 0.484 e. The van der Waals surface area contributed by atoms with E-state index in [1.807, 2.05) is 0 Å². The quantitative estimate of drug-likeness (QED) is 0.837. The van der Waals surface area contributed by atoms with E-state index >= 15 is 0 Å². The molecule has 1 amide bonds. The molecule has 1 atom stereocenters. The molecule has 0 heterocycles. The van der Waals surface area contributed by atoms with Crippen molar-refractivity contribution in [3.63, 3.8) is 0 Å². The summed E-state index contributed by atoms with van der Waals surface area (Å²) < 4.78 is 40.4. The normalized spacial score (nSPS) is 12.9. The molecule has 19 heavy (non-hydrogen) atoms. The minimum absolute atomic E-state index is 0.140. The van der Waals surface area contributed by atoms with Gasteiger partial charge in [-0.3, -0.25) is 4.79 Å². The summed E-state index contributed by atoms with van der Waals surface area (Å²) in [5, 5.41) is 2.67. The fourth-order valence-electron chi connectivity index (χ4n) is 1.20.